The maximum absolute atomic E-state index is 3.52. The smallest absolute Gasteiger partial charge is 0.0208 e. The van der Waals surface area contributed by atoms with Gasteiger partial charge in [0.25, 0.3) is 0 Å². The molecule has 1 saturated carbocycles. The van der Waals surface area contributed by atoms with Crippen molar-refractivity contribution < 1.29 is 0 Å². The second-order valence-corrected chi connectivity index (χ2v) is 3.69. The van der Waals surface area contributed by atoms with Crippen LogP contribution in [0.3, 0.4) is 0 Å². The van der Waals surface area contributed by atoms with Gasteiger partial charge >= 0.3 is 0 Å². The van der Waals surface area contributed by atoms with Crippen molar-refractivity contribution in [2.24, 2.45) is 5.92 Å². The lowest BCUT2D eigenvalue weighted by atomic mass is 10.2. The summed E-state index contributed by atoms with van der Waals surface area (Å²) < 4.78 is 0. The lowest BCUT2D eigenvalue weighted by molar-refractivity contribution is 0.652. The number of benzene rings is 1. The molecule has 2 rings (SSSR count). The van der Waals surface area contributed by atoms with Crippen LogP contribution < -0.4 is 5.32 Å². The first-order valence-corrected chi connectivity index (χ1v) is 4.63. The minimum atomic E-state index is 0.783. The summed E-state index contributed by atoms with van der Waals surface area (Å²) in [4.78, 5) is 0. The van der Waals surface area contributed by atoms with E-state index in [4.69, 9.17) is 0 Å². The highest BCUT2D eigenvalue weighted by Gasteiger charge is 2.31. The van der Waals surface area contributed by atoms with Gasteiger partial charge in [0.2, 0.25) is 0 Å². The average Bonchev–Trinajstić information content (AvgIpc) is 2.81. The van der Waals surface area contributed by atoms with Crippen molar-refractivity contribution in [1.29, 1.82) is 0 Å². The summed E-state index contributed by atoms with van der Waals surface area (Å²) in [7, 11) is 0. The standard InChI is InChI=1S/C11H15N/c1-9-7-11(9)12-8-10-5-3-2-4-6-10/h2-6,9,11-12H,7-8H2,1H3/t9-,11-/m1/s1. The number of hydrogen-bond acceptors (Lipinski definition) is 1. The monoisotopic (exact) mass is 161 g/mol. The number of nitrogens with one attached hydrogen (secondary N) is 1. The van der Waals surface area contributed by atoms with Crippen molar-refractivity contribution in [3.05, 3.63) is 35.9 Å². The molecule has 0 amide bonds. The predicted molar refractivity (Wildman–Crippen MR) is 50.9 cm³/mol. The summed E-state index contributed by atoms with van der Waals surface area (Å²) in [6.45, 7) is 3.32. The minimum Gasteiger partial charge on any atom is -0.310 e. The Morgan fingerprint density at radius 1 is 1.33 bits per heavy atom. The van der Waals surface area contributed by atoms with Crippen molar-refractivity contribution in [2.45, 2.75) is 25.9 Å². The van der Waals surface area contributed by atoms with Crippen molar-refractivity contribution in [3.8, 4) is 0 Å². The van der Waals surface area contributed by atoms with Gasteiger partial charge in [-0.15, -0.1) is 0 Å². The van der Waals surface area contributed by atoms with Crippen molar-refractivity contribution >= 4 is 0 Å². The molecule has 0 saturated heterocycles. The Morgan fingerprint density at radius 2 is 2.00 bits per heavy atom. The van der Waals surface area contributed by atoms with Crippen LogP contribution in [0.4, 0.5) is 0 Å². The van der Waals surface area contributed by atoms with Crippen LogP contribution in [-0.4, -0.2) is 6.04 Å². The third-order valence-corrected chi connectivity index (χ3v) is 2.52. The van der Waals surface area contributed by atoms with Gasteiger partial charge in [-0.05, 0) is 17.9 Å². The van der Waals surface area contributed by atoms with Crippen LogP contribution in [0, 0.1) is 5.92 Å². The van der Waals surface area contributed by atoms with E-state index in [1.54, 1.807) is 0 Å². The van der Waals surface area contributed by atoms with Crippen molar-refractivity contribution in [1.82, 2.24) is 5.32 Å². The van der Waals surface area contributed by atoms with E-state index in [9.17, 15) is 0 Å². The Balaban J connectivity index is 1.80. The third-order valence-electron chi connectivity index (χ3n) is 2.52. The zero-order valence-corrected chi connectivity index (χ0v) is 7.46. The van der Waals surface area contributed by atoms with E-state index < -0.39 is 0 Å². The van der Waals surface area contributed by atoms with Crippen LogP contribution in [0.2, 0.25) is 0 Å². The fourth-order valence-corrected chi connectivity index (χ4v) is 1.45. The van der Waals surface area contributed by atoms with Gasteiger partial charge < -0.3 is 5.32 Å². The first kappa shape index (κ1) is 7.81. The summed E-state index contributed by atoms with van der Waals surface area (Å²) in [6, 6.07) is 11.4. The van der Waals surface area contributed by atoms with Crippen molar-refractivity contribution in [3.63, 3.8) is 0 Å². The summed E-state index contributed by atoms with van der Waals surface area (Å²) >= 11 is 0. The van der Waals surface area contributed by atoms with Gasteiger partial charge in [-0.2, -0.15) is 0 Å². The minimum absolute atomic E-state index is 0.783. The maximum atomic E-state index is 3.52. The Hall–Kier alpha value is -0.820. The molecule has 1 aliphatic rings. The quantitative estimate of drug-likeness (QED) is 0.716. The highest BCUT2D eigenvalue weighted by molar-refractivity contribution is 5.14. The molecule has 1 N–H and O–H groups in total. The zero-order valence-electron chi connectivity index (χ0n) is 7.46. The van der Waals surface area contributed by atoms with Crippen LogP contribution in [0.5, 0.6) is 0 Å². The van der Waals surface area contributed by atoms with Crippen molar-refractivity contribution in [2.75, 3.05) is 0 Å². The zero-order chi connectivity index (χ0) is 8.39. The van der Waals surface area contributed by atoms with Gasteiger partial charge in [0.05, 0.1) is 0 Å². The molecular weight excluding hydrogens is 146 g/mol. The SMILES string of the molecule is C[C@@H]1C[C@H]1NCc1ccccc1. The van der Waals surface area contributed by atoms with Crippen LogP contribution in [-0.2, 0) is 6.54 Å². The second-order valence-electron chi connectivity index (χ2n) is 3.69. The lowest BCUT2D eigenvalue weighted by Gasteiger charge is -2.02. The molecule has 0 unspecified atom stereocenters. The highest BCUT2D eigenvalue weighted by Crippen LogP contribution is 2.29. The molecule has 0 radical (unpaired) electrons. The maximum Gasteiger partial charge on any atom is 0.0208 e. The van der Waals surface area contributed by atoms with Gasteiger partial charge in [0.1, 0.15) is 0 Å². The molecule has 1 heteroatoms. The molecule has 0 aromatic heterocycles. The Labute approximate surface area is 73.8 Å². The largest absolute Gasteiger partial charge is 0.310 e. The molecule has 1 aromatic carbocycles. The second kappa shape index (κ2) is 3.28. The molecule has 0 spiro atoms. The van der Waals surface area contributed by atoms with Crippen LogP contribution in [0.25, 0.3) is 0 Å². The van der Waals surface area contributed by atoms with E-state index in [1.807, 2.05) is 0 Å². The molecule has 0 aliphatic heterocycles. The molecule has 0 bridgehead atoms. The molecule has 12 heavy (non-hydrogen) atoms. The van der Waals surface area contributed by atoms with Crippen LogP contribution >= 0.6 is 0 Å². The summed E-state index contributed by atoms with van der Waals surface area (Å²) in [5.74, 6) is 0.897. The molecule has 1 nitrogen and oxygen atoms in total. The van der Waals surface area contributed by atoms with Gasteiger partial charge in [-0.3, -0.25) is 0 Å². The first-order chi connectivity index (χ1) is 5.86. The van der Waals surface area contributed by atoms with E-state index in [0.29, 0.717) is 0 Å². The van der Waals surface area contributed by atoms with E-state index in [2.05, 4.69) is 42.6 Å². The molecule has 2 atom stereocenters. The van der Waals surface area contributed by atoms with Crippen LogP contribution in [0.15, 0.2) is 30.3 Å². The molecule has 1 aliphatic carbocycles. The van der Waals surface area contributed by atoms with E-state index in [-0.39, 0.29) is 0 Å². The Morgan fingerprint density at radius 3 is 2.58 bits per heavy atom. The first-order valence-electron chi connectivity index (χ1n) is 4.63. The highest BCUT2D eigenvalue weighted by atomic mass is 15.0. The molecule has 0 heterocycles. The normalized spacial score (nSPS) is 27.1. The fourth-order valence-electron chi connectivity index (χ4n) is 1.45. The van der Waals surface area contributed by atoms with Gasteiger partial charge in [-0.25, -0.2) is 0 Å². The van der Waals surface area contributed by atoms with Gasteiger partial charge in [0.15, 0.2) is 0 Å². The van der Waals surface area contributed by atoms with E-state index >= 15 is 0 Å². The molecule has 1 fully saturated rings. The van der Waals surface area contributed by atoms with E-state index in [1.165, 1.54) is 12.0 Å². The van der Waals surface area contributed by atoms with Crippen LogP contribution in [0.1, 0.15) is 18.9 Å². The van der Waals surface area contributed by atoms with Gasteiger partial charge in [-0.1, -0.05) is 37.3 Å². The Bertz CT molecular complexity index is 242. The summed E-state index contributed by atoms with van der Waals surface area (Å²) in [6.07, 6.45) is 1.35. The number of rotatable bonds is 3. The molecule has 64 valence electrons. The topological polar surface area (TPSA) is 12.0 Å². The number of hydrogen-bond donors (Lipinski definition) is 1. The lowest BCUT2D eigenvalue weighted by Crippen LogP contribution is -2.16. The van der Waals surface area contributed by atoms with E-state index in [0.717, 1.165) is 18.5 Å². The fraction of sp³-hybridized carbons (Fsp3) is 0.455. The summed E-state index contributed by atoms with van der Waals surface area (Å²) in [5.41, 5.74) is 1.39. The summed E-state index contributed by atoms with van der Waals surface area (Å²) in [5, 5.41) is 3.52. The third kappa shape index (κ3) is 1.86. The molecular formula is C11H15N. The average molecular weight is 161 g/mol. The molecule has 1 aromatic rings. The van der Waals surface area contributed by atoms with Gasteiger partial charge in [0, 0.05) is 12.6 Å². The Kier molecular flexibility index (Phi) is 2.13. The predicted octanol–water partition coefficient (Wildman–Crippen LogP) is 2.18.